The zero-order valence-electron chi connectivity index (χ0n) is 13.6. The molecule has 0 unspecified atom stereocenters. The van der Waals surface area contributed by atoms with E-state index in [0.29, 0.717) is 10.6 Å². The number of carbonyl (C=O) groups excluding carboxylic acids is 2. The highest BCUT2D eigenvalue weighted by molar-refractivity contribution is 8.03. The lowest BCUT2D eigenvalue weighted by Crippen LogP contribution is -2.21. The molecule has 5 nitrogen and oxygen atoms in total. The molecule has 1 amide bonds. The number of aryl methyl sites for hydroxylation is 3. The van der Waals surface area contributed by atoms with Gasteiger partial charge in [-0.25, -0.2) is 4.79 Å². The first-order valence-corrected chi connectivity index (χ1v) is 9.45. The zero-order chi connectivity index (χ0) is 17.8. The van der Waals surface area contributed by atoms with E-state index in [1.807, 2.05) is 24.5 Å². The largest absolute Gasteiger partial charge is 0.451 e. The molecule has 7 heteroatoms. The molecule has 1 heterocycles. The number of carbonyl (C=O) groups is 2. The second kappa shape index (κ2) is 7.72. The SMILES string of the molecule is Cc1cc(SC#N)ccc1NC(=O)COC(=O)c1cc2c(s1)CCC2. The van der Waals surface area contributed by atoms with Crippen molar-refractivity contribution in [3.63, 3.8) is 0 Å². The maximum atomic E-state index is 12.1. The number of fused-ring (bicyclic) bond motifs is 1. The Kier molecular flexibility index (Phi) is 5.41. The number of thiocyanates is 1. The molecule has 0 bridgehead atoms. The summed E-state index contributed by atoms with van der Waals surface area (Å²) < 4.78 is 5.11. The number of nitriles is 1. The minimum absolute atomic E-state index is 0.324. The van der Waals surface area contributed by atoms with Gasteiger partial charge in [0.15, 0.2) is 6.61 Å². The first-order chi connectivity index (χ1) is 12.1. The molecule has 0 saturated carbocycles. The zero-order valence-corrected chi connectivity index (χ0v) is 15.3. The maximum Gasteiger partial charge on any atom is 0.348 e. The Bertz CT molecular complexity index is 846. The molecule has 0 spiro atoms. The molecule has 0 fully saturated rings. The lowest BCUT2D eigenvalue weighted by Gasteiger charge is -2.09. The molecular formula is C18H16N2O3S2. The molecule has 0 aliphatic heterocycles. The minimum atomic E-state index is -0.452. The first-order valence-electron chi connectivity index (χ1n) is 7.82. The highest BCUT2D eigenvalue weighted by Gasteiger charge is 2.20. The molecular weight excluding hydrogens is 356 g/mol. The Balaban J connectivity index is 1.54. The molecule has 1 aromatic carbocycles. The minimum Gasteiger partial charge on any atom is -0.451 e. The van der Waals surface area contributed by atoms with E-state index in [4.69, 9.17) is 10.00 Å². The second-order valence-corrected chi connectivity index (χ2v) is 7.70. The number of nitrogens with one attached hydrogen (secondary N) is 1. The van der Waals surface area contributed by atoms with Crippen LogP contribution in [0.25, 0.3) is 0 Å². The Labute approximate surface area is 154 Å². The molecule has 0 atom stereocenters. The number of esters is 1. The summed E-state index contributed by atoms with van der Waals surface area (Å²) in [5, 5.41) is 13.4. The number of hydrogen-bond donors (Lipinski definition) is 1. The summed E-state index contributed by atoms with van der Waals surface area (Å²) >= 11 is 2.52. The normalized spacial score (nSPS) is 12.3. The van der Waals surface area contributed by atoms with Crippen LogP contribution in [0.4, 0.5) is 5.69 Å². The number of anilines is 1. The number of hydrogen-bond acceptors (Lipinski definition) is 6. The van der Waals surface area contributed by atoms with Crippen molar-refractivity contribution < 1.29 is 14.3 Å². The van der Waals surface area contributed by atoms with Crippen molar-refractivity contribution in [2.45, 2.75) is 31.1 Å². The van der Waals surface area contributed by atoms with Gasteiger partial charge in [-0.15, -0.1) is 11.3 Å². The van der Waals surface area contributed by atoms with Crippen molar-refractivity contribution in [2.75, 3.05) is 11.9 Å². The van der Waals surface area contributed by atoms with Gasteiger partial charge in [0.1, 0.15) is 10.3 Å². The van der Waals surface area contributed by atoms with E-state index in [2.05, 4.69) is 5.32 Å². The van der Waals surface area contributed by atoms with Gasteiger partial charge in [-0.1, -0.05) is 0 Å². The van der Waals surface area contributed by atoms with Crippen molar-refractivity contribution in [1.29, 1.82) is 5.26 Å². The number of amides is 1. The predicted octanol–water partition coefficient (Wildman–Crippen LogP) is 3.91. The summed E-state index contributed by atoms with van der Waals surface area (Å²) in [5.41, 5.74) is 2.71. The van der Waals surface area contributed by atoms with Crippen molar-refractivity contribution in [2.24, 2.45) is 0 Å². The highest BCUT2D eigenvalue weighted by Crippen LogP contribution is 2.31. The molecule has 2 aromatic rings. The maximum absolute atomic E-state index is 12.1. The Morgan fingerprint density at radius 3 is 2.92 bits per heavy atom. The molecule has 128 valence electrons. The van der Waals surface area contributed by atoms with Crippen LogP contribution in [0.2, 0.25) is 0 Å². The third-order valence-corrected chi connectivity index (χ3v) is 5.72. The predicted molar refractivity (Wildman–Crippen MR) is 97.9 cm³/mol. The van der Waals surface area contributed by atoms with Gasteiger partial charge in [0.25, 0.3) is 5.91 Å². The van der Waals surface area contributed by atoms with E-state index in [1.54, 1.807) is 12.1 Å². The van der Waals surface area contributed by atoms with Gasteiger partial charge in [0.05, 0.1) is 0 Å². The fourth-order valence-electron chi connectivity index (χ4n) is 2.71. The van der Waals surface area contributed by atoms with Crippen molar-refractivity contribution in [3.8, 4) is 5.40 Å². The van der Waals surface area contributed by atoms with Crippen molar-refractivity contribution >= 4 is 40.7 Å². The van der Waals surface area contributed by atoms with Crippen LogP contribution in [0.15, 0.2) is 29.2 Å². The molecule has 0 saturated heterocycles. The fourth-order valence-corrected chi connectivity index (χ4v) is 4.34. The van der Waals surface area contributed by atoms with E-state index >= 15 is 0 Å². The number of thioether (sulfide) groups is 1. The Morgan fingerprint density at radius 2 is 2.20 bits per heavy atom. The van der Waals surface area contributed by atoms with Gasteiger partial charge in [-0.05, 0) is 73.3 Å². The summed E-state index contributed by atoms with van der Waals surface area (Å²) in [6.07, 6.45) is 3.18. The smallest absolute Gasteiger partial charge is 0.348 e. The van der Waals surface area contributed by atoms with Gasteiger partial charge < -0.3 is 10.1 Å². The summed E-state index contributed by atoms with van der Waals surface area (Å²) in [5.74, 6) is -0.840. The monoisotopic (exact) mass is 372 g/mol. The first kappa shape index (κ1) is 17.5. The topological polar surface area (TPSA) is 79.2 Å². The van der Waals surface area contributed by atoms with Crippen LogP contribution in [0.1, 0.15) is 32.1 Å². The fraction of sp³-hybridized carbons (Fsp3) is 0.278. The summed E-state index contributed by atoms with van der Waals surface area (Å²) in [6, 6.07) is 7.19. The van der Waals surface area contributed by atoms with Gasteiger partial charge in [-0.3, -0.25) is 4.79 Å². The number of nitrogens with zero attached hydrogens (tertiary/aromatic N) is 1. The van der Waals surface area contributed by atoms with Crippen LogP contribution in [0, 0.1) is 17.6 Å². The molecule has 0 radical (unpaired) electrons. The second-order valence-electron chi connectivity index (χ2n) is 5.71. The van der Waals surface area contributed by atoms with Crippen LogP contribution in [-0.2, 0) is 22.4 Å². The van der Waals surface area contributed by atoms with Crippen LogP contribution < -0.4 is 5.32 Å². The molecule has 1 aliphatic rings. The van der Waals surface area contributed by atoms with Crippen LogP contribution in [-0.4, -0.2) is 18.5 Å². The molecule has 25 heavy (non-hydrogen) atoms. The van der Waals surface area contributed by atoms with Gasteiger partial charge in [0.2, 0.25) is 0 Å². The quantitative estimate of drug-likeness (QED) is 0.489. The number of benzene rings is 1. The van der Waals surface area contributed by atoms with E-state index in [0.717, 1.165) is 41.5 Å². The summed E-state index contributed by atoms with van der Waals surface area (Å²) in [7, 11) is 0. The van der Waals surface area contributed by atoms with E-state index in [9.17, 15) is 9.59 Å². The Morgan fingerprint density at radius 1 is 1.36 bits per heavy atom. The third-order valence-electron chi connectivity index (χ3n) is 3.92. The van der Waals surface area contributed by atoms with E-state index < -0.39 is 5.97 Å². The summed E-state index contributed by atoms with van der Waals surface area (Å²) in [4.78, 5) is 26.7. The van der Waals surface area contributed by atoms with E-state index in [1.165, 1.54) is 21.8 Å². The van der Waals surface area contributed by atoms with Gasteiger partial charge >= 0.3 is 5.97 Å². The average Bonchev–Trinajstić information content (AvgIpc) is 3.17. The van der Waals surface area contributed by atoms with Crippen LogP contribution >= 0.6 is 23.1 Å². The number of rotatable bonds is 5. The number of thiophene rings is 1. The number of ether oxygens (including phenoxy) is 1. The highest BCUT2D eigenvalue weighted by atomic mass is 32.2. The molecule has 1 aliphatic carbocycles. The molecule has 1 N–H and O–H groups in total. The van der Waals surface area contributed by atoms with Crippen LogP contribution in [0.3, 0.4) is 0 Å². The van der Waals surface area contributed by atoms with Crippen molar-refractivity contribution in [3.05, 3.63) is 45.1 Å². The van der Waals surface area contributed by atoms with Crippen LogP contribution in [0.5, 0.6) is 0 Å². The standard InChI is InChI=1S/C18H16N2O3S2/c1-11-7-13(24-10-19)5-6-14(11)20-17(21)9-23-18(22)16-8-12-3-2-4-15(12)25-16/h5-8H,2-4,9H2,1H3,(H,20,21). The molecule has 1 aromatic heterocycles. The molecule has 3 rings (SSSR count). The third kappa shape index (κ3) is 4.21. The Hall–Kier alpha value is -2.30. The lowest BCUT2D eigenvalue weighted by atomic mass is 10.2. The van der Waals surface area contributed by atoms with Crippen molar-refractivity contribution in [1.82, 2.24) is 0 Å². The van der Waals surface area contributed by atoms with Gasteiger partial charge in [0, 0.05) is 15.5 Å². The van der Waals surface area contributed by atoms with Gasteiger partial charge in [-0.2, -0.15) is 5.26 Å². The van der Waals surface area contributed by atoms with E-state index in [-0.39, 0.29) is 12.5 Å². The average molecular weight is 372 g/mol. The lowest BCUT2D eigenvalue weighted by molar-refractivity contribution is -0.119. The summed E-state index contributed by atoms with van der Waals surface area (Å²) in [6.45, 7) is 1.52.